The van der Waals surface area contributed by atoms with Gasteiger partial charge in [-0.05, 0) is 69.0 Å². The van der Waals surface area contributed by atoms with Gasteiger partial charge in [0.25, 0.3) is 0 Å². The zero-order valence-electron chi connectivity index (χ0n) is 12.1. The minimum atomic E-state index is -0.223. The van der Waals surface area contributed by atoms with E-state index in [0.29, 0.717) is 5.92 Å². The number of benzene rings is 1. The van der Waals surface area contributed by atoms with Crippen molar-refractivity contribution in [2.24, 2.45) is 5.92 Å². The monoisotopic (exact) mass is 285 g/mol. The first-order valence-corrected chi connectivity index (χ1v) is 7.59. The maximum atomic E-state index is 13.1. The molecule has 1 aliphatic rings. The van der Waals surface area contributed by atoms with Gasteiger partial charge >= 0.3 is 0 Å². The predicted octanol–water partition coefficient (Wildman–Crippen LogP) is 3.21. The van der Waals surface area contributed by atoms with Crippen LogP contribution in [0.4, 0.5) is 4.39 Å². The fourth-order valence-electron chi connectivity index (χ4n) is 2.93. The van der Waals surface area contributed by atoms with E-state index in [0.717, 1.165) is 36.5 Å². The second-order valence-corrected chi connectivity index (χ2v) is 5.61. The molecule has 0 spiro atoms. The van der Waals surface area contributed by atoms with Crippen LogP contribution in [0.3, 0.4) is 0 Å². The largest absolute Gasteiger partial charge is 0.317 e. The summed E-state index contributed by atoms with van der Waals surface area (Å²) in [6.07, 6.45) is 8.03. The van der Waals surface area contributed by atoms with Gasteiger partial charge in [-0.2, -0.15) is 0 Å². The normalized spacial score (nSPS) is 19.2. The van der Waals surface area contributed by atoms with E-state index < -0.39 is 0 Å². The molecule has 0 bridgehead atoms. The predicted molar refractivity (Wildman–Crippen MR) is 81.3 cm³/mol. The van der Waals surface area contributed by atoms with E-state index in [1.54, 1.807) is 24.5 Å². The van der Waals surface area contributed by atoms with Crippen molar-refractivity contribution in [3.05, 3.63) is 48.2 Å². The van der Waals surface area contributed by atoms with Crippen LogP contribution in [-0.2, 0) is 6.42 Å². The van der Waals surface area contributed by atoms with Gasteiger partial charge in [-0.3, -0.25) is 9.97 Å². The number of rotatable bonds is 3. The molecule has 1 saturated heterocycles. The molecule has 2 heterocycles. The van der Waals surface area contributed by atoms with E-state index in [4.69, 9.17) is 0 Å². The van der Waals surface area contributed by atoms with Crippen LogP contribution in [0.2, 0.25) is 0 Å². The lowest BCUT2D eigenvalue weighted by atomic mass is 9.93. The number of nitrogens with one attached hydrogen (secondary N) is 1. The van der Waals surface area contributed by atoms with Crippen LogP contribution in [0, 0.1) is 11.7 Å². The smallest absolute Gasteiger partial charge is 0.123 e. The van der Waals surface area contributed by atoms with E-state index in [9.17, 15) is 4.39 Å². The van der Waals surface area contributed by atoms with Crippen LogP contribution < -0.4 is 5.32 Å². The zero-order valence-corrected chi connectivity index (χ0v) is 12.1. The fourth-order valence-corrected chi connectivity index (χ4v) is 2.93. The van der Waals surface area contributed by atoms with Crippen molar-refractivity contribution in [1.82, 2.24) is 15.3 Å². The second-order valence-electron chi connectivity index (χ2n) is 5.61. The average Bonchev–Trinajstić information content (AvgIpc) is 2.78. The minimum absolute atomic E-state index is 0.223. The summed E-state index contributed by atoms with van der Waals surface area (Å²) in [5.74, 6) is 0.426. The summed E-state index contributed by atoms with van der Waals surface area (Å²) in [5.41, 5.74) is 2.84. The number of nitrogens with zero attached hydrogens (tertiary/aromatic N) is 2. The third-order valence-electron chi connectivity index (χ3n) is 4.07. The highest BCUT2D eigenvalue weighted by Gasteiger charge is 2.16. The van der Waals surface area contributed by atoms with Crippen LogP contribution in [-0.4, -0.2) is 23.1 Å². The lowest BCUT2D eigenvalue weighted by molar-refractivity contribution is 0.465. The van der Waals surface area contributed by atoms with Crippen LogP contribution in [0.1, 0.15) is 25.0 Å². The average molecular weight is 285 g/mol. The van der Waals surface area contributed by atoms with E-state index in [1.165, 1.54) is 31.4 Å². The third-order valence-corrected chi connectivity index (χ3v) is 4.07. The minimum Gasteiger partial charge on any atom is -0.317 e. The van der Waals surface area contributed by atoms with Crippen LogP contribution in [0.15, 0.2) is 36.7 Å². The Hall–Kier alpha value is -1.81. The lowest BCUT2D eigenvalue weighted by Crippen LogP contribution is -2.15. The highest BCUT2D eigenvalue weighted by Crippen LogP contribution is 2.25. The first-order valence-electron chi connectivity index (χ1n) is 7.59. The van der Waals surface area contributed by atoms with Gasteiger partial charge in [0.1, 0.15) is 5.82 Å². The highest BCUT2D eigenvalue weighted by atomic mass is 19.1. The van der Waals surface area contributed by atoms with Crippen LogP contribution in [0.25, 0.3) is 11.3 Å². The molecule has 0 radical (unpaired) electrons. The molecule has 1 aromatic carbocycles. The molecule has 1 N–H and O–H groups in total. The Bertz CT molecular complexity index is 575. The molecule has 0 aliphatic carbocycles. The van der Waals surface area contributed by atoms with Crippen LogP contribution in [0.5, 0.6) is 0 Å². The molecule has 1 atom stereocenters. The number of hydrogen-bond donors (Lipinski definition) is 1. The Kier molecular flexibility index (Phi) is 4.55. The van der Waals surface area contributed by atoms with Crippen molar-refractivity contribution in [2.45, 2.75) is 25.7 Å². The molecule has 0 unspecified atom stereocenters. The standard InChI is InChI=1S/C17H20FN3/c18-15-5-3-14(4-6-15)17-16(20-10-11-21-17)12-13-2-1-8-19-9-7-13/h3-6,10-11,13,19H,1-2,7-9,12H2/t13-/m0/s1. The van der Waals surface area contributed by atoms with Gasteiger partial charge in [0.15, 0.2) is 0 Å². The Morgan fingerprint density at radius 3 is 2.71 bits per heavy atom. The topological polar surface area (TPSA) is 37.8 Å². The molecule has 1 aliphatic heterocycles. The van der Waals surface area contributed by atoms with Crippen molar-refractivity contribution in [3.8, 4) is 11.3 Å². The maximum absolute atomic E-state index is 13.1. The van der Waals surface area contributed by atoms with Crippen molar-refractivity contribution in [3.63, 3.8) is 0 Å². The highest BCUT2D eigenvalue weighted by molar-refractivity contribution is 5.61. The molecule has 1 fully saturated rings. The van der Waals surface area contributed by atoms with E-state index in [-0.39, 0.29) is 5.82 Å². The summed E-state index contributed by atoms with van der Waals surface area (Å²) < 4.78 is 13.1. The second kappa shape index (κ2) is 6.76. The summed E-state index contributed by atoms with van der Waals surface area (Å²) in [7, 11) is 0. The molecular formula is C17H20FN3. The van der Waals surface area contributed by atoms with Gasteiger partial charge in [0, 0.05) is 18.0 Å². The Balaban J connectivity index is 1.83. The third kappa shape index (κ3) is 3.64. The first-order chi connectivity index (χ1) is 10.3. The van der Waals surface area contributed by atoms with Crippen molar-refractivity contribution < 1.29 is 4.39 Å². The summed E-state index contributed by atoms with van der Waals surface area (Å²) in [6, 6.07) is 6.50. The van der Waals surface area contributed by atoms with E-state index >= 15 is 0 Å². The first kappa shape index (κ1) is 14.1. The Morgan fingerprint density at radius 1 is 1.05 bits per heavy atom. The maximum Gasteiger partial charge on any atom is 0.123 e. The molecule has 0 saturated carbocycles. The quantitative estimate of drug-likeness (QED) is 0.941. The summed E-state index contributed by atoms with van der Waals surface area (Å²) >= 11 is 0. The molecule has 1 aromatic heterocycles. The number of aromatic nitrogens is 2. The van der Waals surface area contributed by atoms with Gasteiger partial charge in [0.2, 0.25) is 0 Å². The molecule has 3 rings (SSSR count). The van der Waals surface area contributed by atoms with Gasteiger partial charge in [-0.15, -0.1) is 0 Å². The van der Waals surface area contributed by atoms with E-state index in [2.05, 4.69) is 15.3 Å². The van der Waals surface area contributed by atoms with Crippen molar-refractivity contribution in [2.75, 3.05) is 13.1 Å². The molecule has 0 amide bonds. The molecule has 21 heavy (non-hydrogen) atoms. The van der Waals surface area contributed by atoms with Crippen molar-refractivity contribution in [1.29, 1.82) is 0 Å². The van der Waals surface area contributed by atoms with Crippen molar-refractivity contribution >= 4 is 0 Å². The van der Waals surface area contributed by atoms with Gasteiger partial charge in [-0.1, -0.05) is 0 Å². The summed E-state index contributed by atoms with van der Waals surface area (Å²) in [6.45, 7) is 2.19. The SMILES string of the molecule is Fc1ccc(-c2nccnc2C[C@H]2CCCNCC2)cc1. The summed E-state index contributed by atoms with van der Waals surface area (Å²) in [5, 5.41) is 3.44. The van der Waals surface area contributed by atoms with Gasteiger partial charge < -0.3 is 5.32 Å². The molecule has 110 valence electrons. The lowest BCUT2D eigenvalue weighted by Gasteiger charge is -2.15. The summed E-state index contributed by atoms with van der Waals surface area (Å²) in [4.78, 5) is 8.99. The molecule has 4 heteroatoms. The van der Waals surface area contributed by atoms with Gasteiger partial charge in [0.05, 0.1) is 11.4 Å². The van der Waals surface area contributed by atoms with Gasteiger partial charge in [-0.25, -0.2) is 4.39 Å². The molecular weight excluding hydrogens is 265 g/mol. The van der Waals surface area contributed by atoms with Crippen LogP contribution >= 0.6 is 0 Å². The Labute approximate surface area is 124 Å². The fraction of sp³-hybridized carbons (Fsp3) is 0.412. The number of hydrogen-bond acceptors (Lipinski definition) is 3. The van der Waals surface area contributed by atoms with E-state index in [1.807, 2.05) is 0 Å². The molecule has 2 aromatic rings. The number of halogens is 1. The Morgan fingerprint density at radius 2 is 1.86 bits per heavy atom. The molecule has 3 nitrogen and oxygen atoms in total. The zero-order chi connectivity index (χ0) is 14.5.